The van der Waals surface area contributed by atoms with E-state index in [1.807, 2.05) is 0 Å². The van der Waals surface area contributed by atoms with Crippen molar-refractivity contribution in [2.24, 2.45) is 0 Å². The number of ether oxygens (including phenoxy) is 1. The third kappa shape index (κ3) is 4.46. The van der Waals surface area contributed by atoms with Gasteiger partial charge in [0.1, 0.15) is 0 Å². The molecule has 1 aromatic carbocycles. The number of thioether (sulfide) groups is 1. The van der Waals surface area contributed by atoms with Crippen molar-refractivity contribution in [3.05, 3.63) is 29.3 Å². The van der Waals surface area contributed by atoms with E-state index in [2.05, 4.69) is 4.74 Å². The quantitative estimate of drug-likeness (QED) is 0.629. The van der Waals surface area contributed by atoms with Crippen LogP contribution in [0, 0.1) is 11.3 Å². The van der Waals surface area contributed by atoms with Gasteiger partial charge in [-0.2, -0.15) is 18.4 Å². The fourth-order valence-corrected chi connectivity index (χ4v) is 2.54. The molecule has 1 atom stereocenters. The molecule has 0 radical (unpaired) electrons. The lowest BCUT2D eigenvalue weighted by Gasteiger charge is -2.13. The Morgan fingerprint density at radius 2 is 2.15 bits per heavy atom. The van der Waals surface area contributed by atoms with Gasteiger partial charge in [-0.1, -0.05) is 6.92 Å². The van der Waals surface area contributed by atoms with E-state index < -0.39 is 23.3 Å². The zero-order valence-corrected chi connectivity index (χ0v) is 11.6. The first-order valence-corrected chi connectivity index (χ1v) is 6.50. The summed E-state index contributed by atoms with van der Waals surface area (Å²) in [6.45, 7) is 1.72. The van der Waals surface area contributed by atoms with Crippen molar-refractivity contribution in [2.45, 2.75) is 29.7 Å². The molecular formula is C13H12F3NO2S. The highest BCUT2D eigenvalue weighted by atomic mass is 32.2. The van der Waals surface area contributed by atoms with Gasteiger partial charge in [-0.15, -0.1) is 11.8 Å². The van der Waals surface area contributed by atoms with Crippen molar-refractivity contribution in [2.75, 3.05) is 7.11 Å². The van der Waals surface area contributed by atoms with Crippen LogP contribution in [0.1, 0.15) is 24.5 Å². The Hall–Kier alpha value is -1.68. The summed E-state index contributed by atoms with van der Waals surface area (Å²) in [7, 11) is 1.25. The Kier molecular flexibility index (Phi) is 5.45. The molecule has 1 rings (SSSR count). The second kappa shape index (κ2) is 6.66. The lowest BCUT2D eigenvalue weighted by Crippen LogP contribution is -2.10. The normalized spacial score (nSPS) is 12.6. The maximum atomic E-state index is 12.8. The lowest BCUT2D eigenvalue weighted by molar-refractivity contribution is -0.140. The average molecular weight is 303 g/mol. The molecule has 7 heteroatoms. The Morgan fingerprint density at radius 1 is 1.50 bits per heavy atom. The van der Waals surface area contributed by atoms with Gasteiger partial charge < -0.3 is 4.74 Å². The van der Waals surface area contributed by atoms with Crippen LogP contribution in [0.5, 0.6) is 0 Å². The monoisotopic (exact) mass is 303 g/mol. The van der Waals surface area contributed by atoms with E-state index in [0.717, 1.165) is 23.9 Å². The standard InChI is InChI=1S/C13H12F3NO2S/c1-8(5-12(18)19-2)20-10-4-3-9(7-17)11(6-10)13(14,15)16/h3-4,6,8H,5H2,1-2H3. The van der Waals surface area contributed by atoms with Gasteiger partial charge in [-0.3, -0.25) is 4.79 Å². The second-order valence-corrected chi connectivity index (χ2v) is 5.54. The van der Waals surface area contributed by atoms with Crippen molar-refractivity contribution in [3.63, 3.8) is 0 Å². The molecule has 3 nitrogen and oxygen atoms in total. The van der Waals surface area contributed by atoms with Crippen LogP contribution in [-0.4, -0.2) is 18.3 Å². The summed E-state index contributed by atoms with van der Waals surface area (Å²) in [5.41, 5.74) is -1.38. The fraction of sp³-hybridized carbons (Fsp3) is 0.385. The molecule has 0 fully saturated rings. The molecule has 0 heterocycles. The molecule has 0 amide bonds. The van der Waals surface area contributed by atoms with E-state index in [9.17, 15) is 18.0 Å². The van der Waals surface area contributed by atoms with Crippen LogP contribution < -0.4 is 0 Å². The van der Waals surface area contributed by atoms with Crippen molar-refractivity contribution in [3.8, 4) is 6.07 Å². The fourth-order valence-electron chi connectivity index (χ4n) is 1.52. The van der Waals surface area contributed by atoms with Crippen molar-refractivity contribution in [1.82, 2.24) is 0 Å². The van der Waals surface area contributed by atoms with E-state index in [0.29, 0.717) is 4.90 Å². The van der Waals surface area contributed by atoms with E-state index in [4.69, 9.17) is 5.26 Å². The molecule has 20 heavy (non-hydrogen) atoms. The van der Waals surface area contributed by atoms with E-state index in [-0.39, 0.29) is 11.7 Å². The highest BCUT2D eigenvalue weighted by Gasteiger charge is 2.34. The van der Waals surface area contributed by atoms with E-state index >= 15 is 0 Å². The number of nitrogens with zero attached hydrogens (tertiary/aromatic N) is 1. The molecule has 0 spiro atoms. The number of carbonyl (C=O) groups is 1. The molecule has 0 aliphatic rings. The van der Waals surface area contributed by atoms with Crippen LogP contribution >= 0.6 is 11.8 Å². The molecule has 0 saturated heterocycles. The molecule has 0 aromatic heterocycles. The number of hydrogen-bond acceptors (Lipinski definition) is 4. The van der Waals surface area contributed by atoms with Gasteiger partial charge in [-0.05, 0) is 18.2 Å². The number of carbonyl (C=O) groups excluding carboxylic acids is 1. The van der Waals surface area contributed by atoms with Crippen molar-refractivity contribution >= 4 is 17.7 Å². The number of methoxy groups -OCH3 is 1. The van der Waals surface area contributed by atoms with Gasteiger partial charge in [0.05, 0.1) is 30.7 Å². The smallest absolute Gasteiger partial charge is 0.417 e. The summed E-state index contributed by atoms with van der Waals surface area (Å²) in [5.74, 6) is -0.422. The number of halogens is 3. The Balaban J connectivity index is 2.93. The highest BCUT2D eigenvalue weighted by Crippen LogP contribution is 2.35. The van der Waals surface area contributed by atoms with Crippen molar-refractivity contribution in [1.29, 1.82) is 5.26 Å². The highest BCUT2D eigenvalue weighted by molar-refractivity contribution is 8.00. The van der Waals surface area contributed by atoms with Crippen LogP contribution in [0.25, 0.3) is 0 Å². The molecular weight excluding hydrogens is 291 g/mol. The Morgan fingerprint density at radius 3 is 2.65 bits per heavy atom. The minimum Gasteiger partial charge on any atom is -0.469 e. The largest absolute Gasteiger partial charge is 0.469 e. The molecule has 1 aromatic rings. The predicted molar refractivity (Wildman–Crippen MR) is 68.1 cm³/mol. The van der Waals surface area contributed by atoms with Gasteiger partial charge in [0.15, 0.2) is 0 Å². The molecule has 0 N–H and O–H groups in total. The number of alkyl halides is 3. The maximum absolute atomic E-state index is 12.8. The third-order valence-electron chi connectivity index (χ3n) is 2.44. The minimum absolute atomic E-state index is 0.0997. The van der Waals surface area contributed by atoms with Crippen LogP contribution in [-0.2, 0) is 15.7 Å². The number of benzene rings is 1. The average Bonchev–Trinajstić information content (AvgIpc) is 2.37. The number of rotatable bonds is 4. The van der Waals surface area contributed by atoms with Gasteiger partial charge in [0.2, 0.25) is 0 Å². The minimum atomic E-state index is -4.58. The number of esters is 1. The van der Waals surface area contributed by atoms with Gasteiger partial charge in [-0.25, -0.2) is 0 Å². The molecule has 108 valence electrons. The van der Waals surface area contributed by atoms with Gasteiger partial charge >= 0.3 is 12.1 Å². The Bertz CT molecular complexity index is 537. The third-order valence-corrected chi connectivity index (χ3v) is 3.53. The summed E-state index contributed by atoms with van der Waals surface area (Å²) < 4.78 is 42.8. The first-order valence-electron chi connectivity index (χ1n) is 5.62. The van der Waals surface area contributed by atoms with Gasteiger partial charge in [0.25, 0.3) is 0 Å². The first-order chi connectivity index (χ1) is 9.27. The first kappa shape index (κ1) is 16.4. The van der Waals surface area contributed by atoms with Gasteiger partial charge in [0, 0.05) is 10.1 Å². The summed E-state index contributed by atoms with van der Waals surface area (Å²) in [4.78, 5) is 11.4. The summed E-state index contributed by atoms with van der Waals surface area (Å²) in [6.07, 6.45) is -4.48. The molecule has 0 aliphatic heterocycles. The molecule has 0 bridgehead atoms. The van der Waals surface area contributed by atoms with Crippen LogP contribution in [0.2, 0.25) is 0 Å². The SMILES string of the molecule is COC(=O)CC(C)Sc1ccc(C#N)c(C(F)(F)F)c1. The van der Waals surface area contributed by atoms with E-state index in [1.165, 1.54) is 19.2 Å². The molecule has 0 aliphatic carbocycles. The zero-order valence-electron chi connectivity index (χ0n) is 10.8. The maximum Gasteiger partial charge on any atom is 0.417 e. The summed E-state index contributed by atoms with van der Waals surface area (Å²) in [5, 5.41) is 8.46. The van der Waals surface area contributed by atoms with E-state index in [1.54, 1.807) is 6.92 Å². The Labute approximate surface area is 118 Å². The van der Waals surface area contributed by atoms with Crippen LogP contribution in [0.4, 0.5) is 13.2 Å². The molecule has 1 unspecified atom stereocenters. The summed E-state index contributed by atoms with van der Waals surface area (Å²) in [6, 6.07) is 5.02. The zero-order chi connectivity index (χ0) is 15.3. The van der Waals surface area contributed by atoms with Crippen molar-refractivity contribution < 1.29 is 22.7 Å². The second-order valence-electron chi connectivity index (χ2n) is 4.03. The van der Waals surface area contributed by atoms with Crippen LogP contribution in [0.15, 0.2) is 23.1 Å². The predicted octanol–water partition coefficient (Wildman–Crippen LogP) is 3.62. The summed E-state index contributed by atoms with van der Waals surface area (Å²) >= 11 is 1.13. The van der Waals surface area contributed by atoms with Crippen LogP contribution in [0.3, 0.4) is 0 Å². The topological polar surface area (TPSA) is 50.1 Å². The number of nitriles is 1. The molecule has 0 saturated carbocycles. The number of hydrogen-bond donors (Lipinski definition) is 0. The lowest BCUT2D eigenvalue weighted by atomic mass is 10.1.